The number of hydrogen-bond acceptors (Lipinski definition) is 4. The van der Waals surface area contributed by atoms with Crippen molar-refractivity contribution in [1.82, 2.24) is 0 Å². The second-order valence-electron chi connectivity index (χ2n) is 3.81. The van der Waals surface area contributed by atoms with Crippen molar-refractivity contribution in [3.8, 4) is 0 Å². The third-order valence-corrected chi connectivity index (χ3v) is 2.44. The molecule has 0 aliphatic heterocycles. The van der Waals surface area contributed by atoms with E-state index in [0.717, 1.165) is 0 Å². The molecule has 2 N–H and O–H groups in total. The molecule has 0 aliphatic carbocycles. The third-order valence-electron chi connectivity index (χ3n) is 2.44. The minimum Gasteiger partial charge on any atom is -0.481 e. The fourth-order valence-electron chi connectivity index (χ4n) is 1.25. The molecule has 0 bridgehead atoms. The summed E-state index contributed by atoms with van der Waals surface area (Å²) in [4.78, 5) is 32.1. The highest BCUT2D eigenvalue weighted by atomic mass is 16.6. The Kier molecular flexibility index (Phi) is 3.98. The van der Waals surface area contributed by atoms with Gasteiger partial charge >= 0.3 is 5.97 Å². The maximum absolute atomic E-state index is 11.5. The molecule has 96 valence electrons. The second kappa shape index (κ2) is 5.26. The molecule has 1 aromatic rings. The van der Waals surface area contributed by atoms with E-state index in [1.807, 2.05) is 0 Å². The molecule has 1 unspecified atom stereocenters. The van der Waals surface area contributed by atoms with Crippen molar-refractivity contribution in [2.24, 2.45) is 5.92 Å². The molecule has 0 heterocycles. The average molecular weight is 252 g/mol. The quantitative estimate of drug-likeness (QED) is 0.480. The van der Waals surface area contributed by atoms with Gasteiger partial charge in [0.15, 0.2) is 0 Å². The van der Waals surface area contributed by atoms with E-state index in [4.69, 9.17) is 5.11 Å². The molecule has 1 rings (SSSR count). The summed E-state index contributed by atoms with van der Waals surface area (Å²) >= 11 is 0. The lowest BCUT2D eigenvalue weighted by Crippen LogP contribution is -2.27. The van der Waals surface area contributed by atoms with Crippen molar-refractivity contribution >= 4 is 23.3 Å². The first-order valence-corrected chi connectivity index (χ1v) is 5.11. The highest BCUT2D eigenvalue weighted by molar-refractivity contribution is 6.04. The van der Waals surface area contributed by atoms with Gasteiger partial charge in [-0.2, -0.15) is 0 Å². The number of benzene rings is 1. The topological polar surface area (TPSA) is 110 Å². The Morgan fingerprint density at radius 2 is 2.06 bits per heavy atom. The Balaban J connectivity index is 2.89. The molecular formula is C11H12N2O5. The van der Waals surface area contributed by atoms with Crippen LogP contribution in [0.1, 0.15) is 12.5 Å². The number of nitrogens with zero attached hydrogens (tertiary/aromatic N) is 1. The number of nitro groups is 1. The van der Waals surface area contributed by atoms with Crippen LogP contribution in [0.4, 0.5) is 11.4 Å². The first kappa shape index (κ1) is 13.6. The molecule has 0 spiro atoms. The maximum Gasteiger partial charge on any atom is 0.315 e. The van der Waals surface area contributed by atoms with E-state index >= 15 is 0 Å². The Bertz CT molecular complexity index is 512. The molecule has 18 heavy (non-hydrogen) atoms. The number of amides is 1. The molecule has 7 nitrogen and oxygen atoms in total. The molecule has 7 heteroatoms. The molecule has 0 aromatic heterocycles. The van der Waals surface area contributed by atoms with Crippen LogP contribution in [0.25, 0.3) is 0 Å². The van der Waals surface area contributed by atoms with Gasteiger partial charge in [-0.05, 0) is 25.5 Å². The van der Waals surface area contributed by atoms with Gasteiger partial charge in [0.25, 0.3) is 5.69 Å². The molecule has 0 saturated heterocycles. The van der Waals surface area contributed by atoms with Crippen molar-refractivity contribution in [3.63, 3.8) is 0 Å². The molecule has 1 aromatic carbocycles. The average Bonchev–Trinajstić information content (AvgIpc) is 2.30. The van der Waals surface area contributed by atoms with E-state index < -0.39 is 22.7 Å². The highest BCUT2D eigenvalue weighted by Gasteiger charge is 2.21. The van der Waals surface area contributed by atoms with Crippen LogP contribution in [0.3, 0.4) is 0 Å². The predicted molar refractivity (Wildman–Crippen MR) is 63.3 cm³/mol. The lowest BCUT2D eigenvalue weighted by atomic mass is 10.1. The van der Waals surface area contributed by atoms with Crippen LogP contribution in [0.5, 0.6) is 0 Å². The lowest BCUT2D eigenvalue weighted by Gasteiger charge is -2.10. The highest BCUT2D eigenvalue weighted by Crippen LogP contribution is 2.21. The first-order chi connectivity index (χ1) is 8.32. The smallest absolute Gasteiger partial charge is 0.315 e. The van der Waals surface area contributed by atoms with Crippen LogP contribution in [0.15, 0.2) is 18.2 Å². The number of aliphatic carboxylic acids is 1. The van der Waals surface area contributed by atoms with E-state index in [2.05, 4.69) is 5.32 Å². The molecule has 0 fully saturated rings. The van der Waals surface area contributed by atoms with Crippen molar-refractivity contribution in [2.75, 3.05) is 5.32 Å². The van der Waals surface area contributed by atoms with Crippen LogP contribution < -0.4 is 5.32 Å². The molecule has 1 amide bonds. The van der Waals surface area contributed by atoms with Crippen LogP contribution in [-0.2, 0) is 9.59 Å². The van der Waals surface area contributed by atoms with Gasteiger partial charge in [0.05, 0.1) is 4.92 Å². The number of carbonyl (C=O) groups is 2. The van der Waals surface area contributed by atoms with Gasteiger partial charge in [0.1, 0.15) is 5.92 Å². The molecular weight excluding hydrogens is 240 g/mol. The number of anilines is 1. The van der Waals surface area contributed by atoms with Gasteiger partial charge in [0, 0.05) is 17.8 Å². The minimum atomic E-state index is -1.23. The number of carbonyl (C=O) groups excluding carboxylic acids is 1. The van der Waals surface area contributed by atoms with Gasteiger partial charge in [0.2, 0.25) is 5.91 Å². The van der Waals surface area contributed by atoms with Crippen molar-refractivity contribution in [1.29, 1.82) is 0 Å². The number of non-ortho nitro benzene ring substituents is 1. The number of carboxylic acid groups (broad SMARTS) is 1. The van der Waals surface area contributed by atoms with Gasteiger partial charge in [-0.25, -0.2) is 0 Å². The van der Waals surface area contributed by atoms with Gasteiger partial charge < -0.3 is 10.4 Å². The van der Waals surface area contributed by atoms with Crippen LogP contribution in [0.2, 0.25) is 0 Å². The summed E-state index contributed by atoms with van der Waals surface area (Å²) in [7, 11) is 0. The fraction of sp³-hybridized carbons (Fsp3) is 0.273. The summed E-state index contributed by atoms with van der Waals surface area (Å²) in [6, 6.07) is 3.93. The molecule has 0 saturated carbocycles. The van der Waals surface area contributed by atoms with E-state index in [9.17, 15) is 19.7 Å². The molecule has 0 radical (unpaired) electrons. The summed E-state index contributed by atoms with van der Waals surface area (Å²) < 4.78 is 0. The van der Waals surface area contributed by atoms with Crippen LogP contribution in [0, 0.1) is 23.0 Å². The molecule has 0 aliphatic rings. The number of carboxylic acids is 1. The van der Waals surface area contributed by atoms with E-state index in [1.165, 1.54) is 25.1 Å². The van der Waals surface area contributed by atoms with E-state index in [0.29, 0.717) is 11.3 Å². The predicted octanol–water partition coefficient (Wildman–Crippen LogP) is 1.56. The number of nitrogens with one attached hydrogen (secondary N) is 1. The van der Waals surface area contributed by atoms with Crippen LogP contribution in [-0.4, -0.2) is 21.9 Å². The summed E-state index contributed by atoms with van der Waals surface area (Å²) in [6.45, 7) is 2.85. The zero-order valence-electron chi connectivity index (χ0n) is 9.84. The van der Waals surface area contributed by atoms with Gasteiger partial charge in [-0.3, -0.25) is 19.7 Å². The Morgan fingerprint density at radius 1 is 1.44 bits per heavy atom. The molecule has 1 atom stereocenters. The first-order valence-electron chi connectivity index (χ1n) is 5.11. The van der Waals surface area contributed by atoms with Crippen molar-refractivity contribution in [2.45, 2.75) is 13.8 Å². The van der Waals surface area contributed by atoms with E-state index in [1.54, 1.807) is 6.92 Å². The minimum absolute atomic E-state index is 0.0863. The lowest BCUT2D eigenvalue weighted by molar-refractivity contribution is -0.384. The Labute approximate surface area is 103 Å². The van der Waals surface area contributed by atoms with Crippen molar-refractivity contribution in [3.05, 3.63) is 33.9 Å². The zero-order chi connectivity index (χ0) is 13.9. The number of nitro benzene ring substituents is 1. The second-order valence-corrected chi connectivity index (χ2v) is 3.81. The summed E-state index contributed by atoms with van der Waals surface area (Å²) in [6.07, 6.45) is 0. The number of aryl methyl sites for hydroxylation is 1. The zero-order valence-corrected chi connectivity index (χ0v) is 9.84. The fourth-order valence-corrected chi connectivity index (χ4v) is 1.25. The largest absolute Gasteiger partial charge is 0.481 e. The number of hydrogen-bond donors (Lipinski definition) is 2. The van der Waals surface area contributed by atoms with Crippen molar-refractivity contribution < 1.29 is 19.6 Å². The van der Waals surface area contributed by atoms with Gasteiger partial charge in [-0.1, -0.05) is 0 Å². The SMILES string of the molecule is Cc1cc([N+](=O)[O-])ccc1NC(=O)C(C)C(=O)O. The standard InChI is InChI=1S/C11H12N2O5/c1-6-5-8(13(17)18)3-4-9(6)12-10(14)7(2)11(15)16/h3-5,7H,1-2H3,(H,12,14)(H,15,16). The third kappa shape index (κ3) is 3.03. The monoisotopic (exact) mass is 252 g/mol. The summed E-state index contributed by atoms with van der Waals surface area (Å²) in [5.74, 6) is -3.08. The Hall–Kier alpha value is -2.44. The van der Waals surface area contributed by atoms with E-state index in [-0.39, 0.29) is 5.69 Å². The van der Waals surface area contributed by atoms with Gasteiger partial charge in [-0.15, -0.1) is 0 Å². The maximum atomic E-state index is 11.5. The normalized spacial score (nSPS) is 11.7. The Morgan fingerprint density at radius 3 is 2.50 bits per heavy atom. The van der Waals surface area contributed by atoms with Crippen LogP contribution >= 0.6 is 0 Å². The summed E-state index contributed by atoms with van der Waals surface area (Å²) in [5.41, 5.74) is 0.769. The summed E-state index contributed by atoms with van der Waals surface area (Å²) in [5, 5.41) is 21.6. The number of rotatable bonds is 4.